The summed E-state index contributed by atoms with van der Waals surface area (Å²) in [7, 11) is 0. The van der Waals surface area contributed by atoms with Gasteiger partial charge in [-0.3, -0.25) is 4.79 Å². The molecule has 0 unspecified atom stereocenters. The van der Waals surface area contributed by atoms with E-state index in [1.807, 2.05) is 0 Å². The highest BCUT2D eigenvalue weighted by atomic mass is 35.5. The van der Waals surface area contributed by atoms with Crippen LogP contribution in [-0.4, -0.2) is 23.3 Å². The van der Waals surface area contributed by atoms with Crippen LogP contribution in [0.2, 0.25) is 5.02 Å². The SMILES string of the molecule is CCOC(=O)c1c(C)[nH]c(C)c1C(=O)c1cc2cc(Cl)ccc2o1. The van der Waals surface area contributed by atoms with Crippen LogP contribution in [-0.2, 0) is 4.74 Å². The first kappa shape index (κ1) is 16.3. The van der Waals surface area contributed by atoms with Crippen molar-refractivity contribution in [2.75, 3.05) is 6.61 Å². The molecule has 5 nitrogen and oxygen atoms in total. The van der Waals surface area contributed by atoms with Gasteiger partial charge in [0.25, 0.3) is 0 Å². The molecule has 2 aromatic heterocycles. The zero-order valence-corrected chi connectivity index (χ0v) is 14.3. The van der Waals surface area contributed by atoms with E-state index < -0.39 is 5.97 Å². The summed E-state index contributed by atoms with van der Waals surface area (Å²) in [4.78, 5) is 28.1. The lowest BCUT2D eigenvalue weighted by Crippen LogP contribution is -2.12. The lowest BCUT2D eigenvalue weighted by molar-refractivity contribution is 0.0523. The van der Waals surface area contributed by atoms with Gasteiger partial charge < -0.3 is 14.1 Å². The van der Waals surface area contributed by atoms with E-state index in [1.165, 1.54) is 0 Å². The van der Waals surface area contributed by atoms with E-state index in [0.29, 0.717) is 22.0 Å². The van der Waals surface area contributed by atoms with Crippen LogP contribution in [0, 0.1) is 13.8 Å². The Morgan fingerprint density at radius 3 is 2.58 bits per heavy atom. The molecule has 6 heteroatoms. The molecule has 1 N–H and O–H groups in total. The van der Waals surface area contributed by atoms with Crippen LogP contribution < -0.4 is 0 Å². The van der Waals surface area contributed by atoms with Gasteiger partial charge in [0.15, 0.2) is 5.76 Å². The molecule has 0 fully saturated rings. The first-order valence-electron chi connectivity index (χ1n) is 7.52. The fourth-order valence-corrected chi connectivity index (χ4v) is 2.95. The second-order valence-electron chi connectivity index (χ2n) is 5.47. The van der Waals surface area contributed by atoms with Crippen LogP contribution in [0.3, 0.4) is 0 Å². The fraction of sp³-hybridized carbons (Fsp3) is 0.222. The number of carbonyl (C=O) groups excluding carboxylic acids is 2. The van der Waals surface area contributed by atoms with Gasteiger partial charge in [0.2, 0.25) is 5.78 Å². The summed E-state index contributed by atoms with van der Waals surface area (Å²) in [6.45, 7) is 5.42. The number of ether oxygens (including phenoxy) is 1. The number of hydrogen-bond acceptors (Lipinski definition) is 4. The maximum atomic E-state index is 12.9. The molecule has 3 rings (SSSR count). The molecule has 0 spiro atoms. The van der Waals surface area contributed by atoms with Crippen molar-refractivity contribution in [3.8, 4) is 0 Å². The van der Waals surface area contributed by atoms with Gasteiger partial charge in [0.05, 0.1) is 17.7 Å². The second kappa shape index (κ2) is 6.17. The predicted octanol–water partition coefficient (Wildman–Crippen LogP) is 4.44. The number of furan rings is 1. The van der Waals surface area contributed by atoms with Gasteiger partial charge >= 0.3 is 5.97 Å². The molecular formula is C18H16ClNO4. The average molecular weight is 346 g/mol. The van der Waals surface area contributed by atoms with Crippen molar-refractivity contribution in [2.24, 2.45) is 0 Å². The zero-order valence-electron chi connectivity index (χ0n) is 13.5. The molecule has 1 aromatic carbocycles. The van der Waals surface area contributed by atoms with Gasteiger partial charge in [-0.25, -0.2) is 4.79 Å². The van der Waals surface area contributed by atoms with Gasteiger partial charge in [-0.15, -0.1) is 0 Å². The van der Waals surface area contributed by atoms with Crippen molar-refractivity contribution in [2.45, 2.75) is 20.8 Å². The largest absolute Gasteiger partial charge is 0.462 e. The summed E-state index contributed by atoms with van der Waals surface area (Å²) in [6.07, 6.45) is 0. The van der Waals surface area contributed by atoms with E-state index >= 15 is 0 Å². The smallest absolute Gasteiger partial charge is 0.340 e. The van der Waals surface area contributed by atoms with Crippen LogP contribution in [0.1, 0.15) is 44.8 Å². The van der Waals surface area contributed by atoms with E-state index in [1.54, 1.807) is 45.0 Å². The molecular weight excluding hydrogens is 330 g/mol. The third-order valence-electron chi connectivity index (χ3n) is 3.78. The Labute approximate surface area is 143 Å². The molecule has 0 amide bonds. The zero-order chi connectivity index (χ0) is 17.4. The number of rotatable bonds is 4. The number of fused-ring (bicyclic) bond motifs is 1. The van der Waals surface area contributed by atoms with Crippen LogP contribution in [0.15, 0.2) is 28.7 Å². The molecule has 0 bridgehead atoms. The van der Waals surface area contributed by atoms with Crippen molar-refractivity contribution in [3.05, 3.63) is 57.6 Å². The van der Waals surface area contributed by atoms with Gasteiger partial charge in [-0.05, 0) is 45.0 Å². The van der Waals surface area contributed by atoms with Crippen LogP contribution >= 0.6 is 11.6 Å². The summed E-state index contributed by atoms with van der Waals surface area (Å²) >= 11 is 5.96. The molecule has 0 aliphatic carbocycles. The summed E-state index contributed by atoms with van der Waals surface area (Å²) in [6, 6.07) is 6.74. The summed E-state index contributed by atoms with van der Waals surface area (Å²) in [5.41, 5.74) is 2.27. The van der Waals surface area contributed by atoms with Gasteiger partial charge in [-0.1, -0.05) is 11.6 Å². The number of benzene rings is 1. The highest BCUT2D eigenvalue weighted by Gasteiger charge is 2.28. The lowest BCUT2D eigenvalue weighted by atomic mass is 10.0. The molecule has 0 aliphatic rings. The molecule has 0 saturated heterocycles. The standard InChI is InChI=1S/C18H16ClNO4/c1-4-23-18(22)16-10(3)20-9(2)15(16)17(21)14-8-11-7-12(19)5-6-13(11)24-14/h5-8,20H,4H2,1-3H3. The monoisotopic (exact) mass is 345 g/mol. The number of aromatic nitrogens is 1. The highest BCUT2D eigenvalue weighted by Crippen LogP contribution is 2.28. The maximum absolute atomic E-state index is 12.9. The quantitative estimate of drug-likeness (QED) is 0.560. The first-order valence-corrected chi connectivity index (χ1v) is 7.90. The van der Waals surface area contributed by atoms with Gasteiger partial charge in [0, 0.05) is 21.8 Å². The van der Waals surface area contributed by atoms with Crippen LogP contribution in [0.4, 0.5) is 0 Å². The number of halogens is 1. The summed E-state index contributed by atoms with van der Waals surface area (Å²) in [5, 5.41) is 1.29. The Morgan fingerprint density at radius 2 is 1.88 bits per heavy atom. The number of esters is 1. The number of aryl methyl sites for hydroxylation is 2. The van der Waals surface area contributed by atoms with E-state index in [4.69, 9.17) is 20.8 Å². The molecule has 0 saturated carbocycles. The number of nitrogens with one attached hydrogen (secondary N) is 1. The minimum atomic E-state index is -0.526. The van der Waals surface area contributed by atoms with Gasteiger partial charge in [-0.2, -0.15) is 0 Å². The third kappa shape index (κ3) is 2.71. The van der Waals surface area contributed by atoms with E-state index in [-0.39, 0.29) is 29.3 Å². The Morgan fingerprint density at radius 1 is 1.17 bits per heavy atom. The van der Waals surface area contributed by atoms with Crippen molar-refractivity contribution >= 4 is 34.3 Å². The van der Waals surface area contributed by atoms with Crippen molar-refractivity contribution in [1.82, 2.24) is 4.98 Å². The molecule has 3 aromatic rings. The van der Waals surface area contributed by atoms with E-state index in [0.717, 1.165) is 5.39 Å². The lowest BCUT2D eigenvalue weighted by Gasteiger charge is -2.04. The Balaban J connectivity index is 2.10. The minimum absolute atomic E-state index is 0.153. The molecule has 0 aliphatic heterocycles. The number of carbonyl (C=O) groups is 2. The number of ketones is 1. The third-order valence-corrected chi connectivity index (χ3v) is 4.02. The van der Waals surface area contributed by atoms with Crippen molar-refractivity contribution in [1.29, 1.82) is 0 Å². The number of H-pyrrole nitrogens is 1. The number of aromatic amines is 1. The Kier molecular flexibility index (Phi) is 4.20. The summed E-state index contributed by atoms with van der Waals surface area (Å²) in [5.74, 6) is -0.742. The average Bonchev–Trinajstić information content (AvgIpc) is 3.06. The van der Waals surface area contributed by atoms with Crippen LogP contribution in [0.5, 0.6) is 0 Å². The van der Waals surface area contributed by atoms with Crippen LogP contribution in [0.25, 0.3) is 11.0 Å². The van der Waals surface area contributed by atoms with Crippen molar-refractivity contribution in [3.63, 3.8) is 0 Å². The van der Waals surface area contributed by atoms with Crippen molar-refractivity contribution < 1.29 is 18.7 Å². The maximum Gasteiger partial charge on any atom is 0.340 e. The molecule has 2 heterocycles. The normalized spacial score (nSPS) is 11.0. The molecule has 24 heavy (non-hydrogen) atoms. The first-order chi connectivity index (χ1) is 11.4. The highest BCUT2D eigenvalue weighted by molar-refractivity contribution is 6.31. The predicted molar refractivity (Wildman–Crippen MR) is 90.9 cm³/mol. The minimum Gasteiger partial charge on any atom is -0.462 e. The topological polar surface area (TPSA) is 72.3 Å². The van der Waals surface area contributed by atoms with E-state index in [2.05, 4.69) is 4.98 Å². The van der Waals surface area contributed by atoms with Gasteiger partial charge in [0.1, 0.15) is 5.58 Å². The Hall–Kier alpha value is -2.53. The molecule has 0 radical (unpaired) electrons. The van der Waals surface area contributed by atoms with E-state index in [9.17, 15) is 9.59 Å². The summed E-state index contributed by atoms with van der Waals surface area (Å²) < 4.78 is 10.7. The second-order valence-corrected chi connectivity index (χ2v) is 5.90. The Bertz CT molecular complexity index is 951. The molecule has 0 atom stereocenters. The molecule has 124 valence electrons. The fourth-order valence-electron chi connectivity index (χ4n) is 2.77. The number of hydrogen-bond donors (Lipinski definition) is 1.